The van der Waals surface area contributed by atoms with Crippen LogP contribution in [-0.2, 0) is 28.6 Å². The van der Waals surface area contributed by atoms with Crippen LogP contribution in [0.4, 0.5) is 5.69 Å². The molecular weight excluding hydrogens is 734 g/mol. The van der Waals surface area contributed by atoms with Gasteiger partial charge in [0.1, 0.15) is 34.4 Å². The number of aliphatic hydroxyl groups is 6. The zero-order valence-corrected chi connectivity index (χ0v) is 33.0. The van der Waals surface area contributed by atoms with Crippen molar-refractivity contribution in [3.63, 3.8) is 0 Å². The van der Waals surface area contributed by atoms with Gasteiger partial charge >= 0.3 is 11.9 Å². The molecule has 3 aliphatic heterocycles. The summed E-state index contributed by atoms with van der Waals surface area (Å²) in [5, 5.41) is 82.9. The highest BCUT2D eigenvalue weighted by Crippen LogP contribution is 2.53. The van der Waals surface area contributed by atoms with Gasteiger partial charge in [0.15, 0.2) is 11.5 Å². The molecule has 0 saturated heterocycles. The molecule has 5 rings (SSSR count). The molecule has 0 radical (unpaired) electrons. The van der Waals surface area contributed by atoms with Gasteiger partial charge in [-0.15, -0.1) is 0 Å². The summed E-state index contributed by atoms with van der Waals surface area (Å²) < 4.78 is 22.2. The van der Waals surface area contributed by atoms with E-state index in [1.807, 2.05) is 0 Å². The van der Waals surface area contributed by atoms with Gasteiger partial charge in [0.25, 0.3) is 5.91 Å². The Balaban J connectivity index is 2.08. The predicted molar refractivity (Wildman–Crippen MR) is 200 cm³/mol. The molecule has 1 aliphatic carbocycles. The summed E-state index contributed by atoms with van der Waals surface area (Å²) >= 11 is 0. The Morgan fingerprint density at radius 1 is 0.875 bits per heavy atom. The molecule has 8 N–H and O–H groups in total. The number of hydrogen-bond donors (Lipinski definition) is 8. The fourth-order valence-corrected chi connectivity index (χ4v) is 7.31. The van der Waals surface area contributed by atoms with Crippen LogP contribution < -0.4 is 10.1 Å². The summed E-state index contributed by atoms with van der Waals surface area (Å²) in [6, 6.07) is 0. The van der Waals surface area contributed by atoms with Gasteiger partial charge in [-0.25, -0.2) is 0 Å². The number of ketones is 1. The van der Waals surface area contributed by atoms with E-state index < -0.39 is 89.5 Å². The van der Waals surface area contributed by atoms with E-state index in [0.29, 0.717) is 0 Å². The lowest BCUT2D eigenvalue weighted by molar-refractivity contribution is -0.171. The lowest BCUT2D eigenvalue weighted by Gasteiger charge is -2.40. The monoisotopic (exact) mass is 785 g/mol. The molecule has 16 heteroatoms. The second kappa shape index (κ2) is 16.3. The maximum atomic E-state index is 14.0. The van der Waals surface area contributed by atoms with Gasteiger partial charge < -0.3 is 60.0 Å². The average molecular weight is 786 g/mol. The molecule has 9 atom stereocenters. The number of esters is 2. The van der Waals surface area contributed by atoms with Crippen LogP contribution in [0.3, 0.4) is 0 Å². The van der Waals surface area contributed by atoms with Crippen molar-refractivity contribution in [2.75, 3.05) is 19.2 Å². The van der Waals surface area contributed by atoms with Gasteiger partial charge in [-0.2, -0.15) is 0 Å². The Hall–Kier alpha value is -4.84. The first-order valence-corrected chi connectivity index (χ1v) is 17.9. The zero-order chi connectivity index (χ0) is 42.4. The number of allylic oxidation sites excluding steroid dienone is 5. The fraction of sp³-hybridized carbons (Fsp3) is 0.500. The minimum Gasteiger partial charge on any atom is -0.505 e. The predicted octanol–water partition coefficient (Wildman–Crippen LogP) is 2.22. The molecular formula is C40H51NO15. The number of phenolic OH excluding ortho intramolecular Hbond substituents is 1. The van der Waals surface area contributed by atoms with Crippen LogP contribution in [0.15, 0.2) is 52.5 Å². The topological polar surface area (TPSA) is 259 Å². The number of carbonyl (C=O) groups is 4. The number of nitrogens with one attached hydrogen (secondary N) is 1. The van der Waals surface area contributed by atoms with E-state index >= 15 is 0 Å². The summed E-state index contributed by atoms with van der Waals surface area (Å²) in [4.78, 5) is 53.1. The number of aliphatic hydroxyl groups excluding tert-OH is 4. The molecule has 56 heavy (non-hydrogen) atoms. The molecule has 16 nitrogen and oxygen atoms in total. The number of benzene rings is 1. The highest BCUT2D eigenvalue weighted by atomic mass is 16.7. The third-order valence-electron chi connectivity index (χ3n) is 10.7. The smallest absolute Gasteiger partial charge is 0.313 e. The molecule has 4 aliphatic rings. The summed E-state index contributed by atoms with van der Waals surface area (Å²) in [6.45, 7) is 11.5. The summed E-state index contributed by atoms with van der Waals surface area (Å²) in [5.74, 6) is -8.84. The van der Waals surface area contributed by atoms with Crippen LogP contribution in [0.1, 0.15) is 76.9 Å². The number of amides is 1. The van der Waals surface area contributed by atoms with Crippen molar-refractivity contribution in [1.29, 1.82) is 0 Å². The van der Waals surface area contributed by atoms with Crippen LogP contribution in [0, 0.1) is 24.7 Å². The van der Waals surface area contributed by atoms with Crippen molar-refractivity contribution in [3.8, 4) is 11.5 Å². The second-order valence-corrected chi connectivity index (χ2v) is 15.0. The first-order chi connectivity index (χ1) is 25.9. The third kappa shape index (κ3) is 8.03. The lowest BCUT2D eigenvalue weighted by Crippen LogP contribution is -2.54. The Morgan fingerprint density at radius 2 is 1.43 bits per heavy atom. The van der Waals surface area contributed by atoms with E-state index in [0.717, 1.165) is 20.1 Å². The van der Waals surface area contributed by atoms with Crippen molar-refractivity contribution in [3.05, 3.63) is 69.2 Å². The molecule has 1 aromatic rings. The molecule has 1 amide bonds. The molecule has 0 aromatic heterocycles. The first kappa shape index (κ1) is 43.9. The SMILES string of the molecule is COC(=O)C1C(O)C(C)C(O)C(C)(O)/C=C\C=C(/C)C(=O)Nc2c(C)c(OC(C)=O)c3c(c2O)C(=O)C(C)=C2OCOC(=C23)/C(C)=C\C(C)(O)C(O)C(C)C1O. The normalized spacial score (nSPS) is 34.2. The van der Waals surface area contributed by atoms with E-state index in [1.165, 1.54) is 73.6 Å². The van der Waals surface area contributed by atoms with Crippen molar-refractivity contribution in [2.24, 2.45) is 17.8 Å². The number of carbonyl (C=O) groups excluding carboxylic acids is 4. The van der Waals surface area contributed by atoms with Crippen LogP contribution in [0.5, 0.6) is 11.5 Å². The van der Waals surface area contributed by atoms with Gasteiger partial charge in [0, 0.05) is 41.0 Å². The number of ether oxygens (including phenoxy) is 4. The van der Waals surface area contributed by atoms with Crippen molar-refractivity contribution in [1.82, 2.24) is 0 Å². The fourth-order valence-electron chi connectivity index (χ4n) is 7.31. The Kier molecular flexibility index (Phi) is 12.8. The summed E-state index contributed by atoms with van der Waals surface area (Å²) in [7, 11) is 1.01. The summed E-state index contributed by atoms with van der Waals surface area (Å²) in [5.41, 5.74) is -4.84. The number of anilines is 1. The van der Waals surface area contributed by atoms with Gasteiger partial charge in [0.05, 0.1) is 48.3 Å². The minimum absolute atomic E-state index is 0.00246. The molecule has 306 valence electrons. The van der Waals surface area contributed by atoms with Crippen molar-refractivity contribution in [2.45, 2.75) is 97.9 Å². The number of rotatable bonds is 2. The Bertz CT molecular complexity index is 1970. The number of aromatic hydroxyl groups is 1. The number of phenols is 1. The van der Waals surface area contributed by atoms with Crippen molar-refractivity contribution < 1.29 is 73.9 Å². The van der Waals surface area contributed by atoms with Crippen LogP contribution in [-0.4, -0.2) is 109 Å². The van der Waals surface area contributed by atoms with E-state index in [4.69, 9.17) is 18.9 Å². The molecule has 4 bridgehead atoms. The molecule has 0 saturated carbocycles. The third-order valence-corrected chi connectivity index (χ3v) is 10.7. The first-order valence-electron chi connectivity index (χ1n) is 17.9. The van der Waals surface area contributed by atoms with Crippen LogP contribution >= 0.6 is 0 Å². The molecule has 1 aromatic carbocycles. The highest BCUT2D eigenvalue weighted by Gasteiger charge is 2.48. The maximum absolute atomic E-state index is 14.0. The molecule has 9 unspecified atom stereocenters. The van der Waals surface area contributed by atoms with Crippen LogP contribution in [0.2, 0.25) is 0 Å². The second-order valence-electron chi connectivity index (χ2n) is 15.0. The zero-order valence-electron chi connectivity index (χ0n) is 33.0. The number of methoxy groups -OCH3 is 1. The Labute approximate surface area is 324 Å². The molecule has 0 spiro atoms. The number of fused-ring (bicyclic) bond motifs is 14. The standard InChI is InChI=1S/C40H51NO15/c1-16-12-11-13-39(8,51)35(47)20(5)29(44)26(38(50)53-10)30(45)21(6)36(48)40(9,52)14-17(2)32-25-23-24(28(43)19(4)33(25)55-15-54-32)31(46)27(41-37(16)49)18(3)34(23)56-22(7)42/h11-14,20-21,26,29-30,35-36,44-48,51-52H,15H2,1-10H3,(H,41,49)/b13-11-,16-12+,17-14-. The molecule has 3 heterocycles. The lowest BCUT2D eigenvalue weighted by atomic mass is 9.74. The average Bonchev–Trinajstić information content (AvgIpc) is 3.13. The van der Waals surface area contributed by atoms with Crippen molar-refractivity contribution >= 4 is 34.9 Å². The van der Waals surface area contributed by atoms with E-state index in [-0.39, 0.29) is 61.9 Å². The molecule has 0 fully saturated rings. The quantitative estimate of drug-likeness (QED) is 0.122. The number of hydrogen-bond acceptors (Lipinski definition) is 15. The minimum atomic E-state index is -2.22. The van der Waals surface area contributed by atoms with Crippen LogP contribution in [0.25, 0.3) is 5.57 Å². The van der Waals surface area contributed by atoms with Gasteiger partial charge in [-0.1, -0.05) is 32.1 Å². The largest absolute Gasteiger partial charge is 0.505 e. The maximum Gasteiger partial charge on any atom is 0.313 e. The van der Waals surface area contributed by atoms with Gasteiger partial charge in [-0.3, -0.25) is 19.2 Å². The highest BCUT2D eigenvalue weighted by molar-refractivity contribution is 6.21. The number of Topliss-reactive ketones (excluding diaryl/α,β-unsaturated/α-hetero) is 1. The van der Waals surface area contributed by atoms with E-state index in [1.54, 1.807) is 0 Å². The Morgan fingerprint density at radius 3 is 1.98 bits per heavy atom. The summed E-state index contributed by atoms with van der Waals surface area (Å²) in [6.07, 6.45) is -2.56. The van der Waals surface area contributed by atoms with E-state index in [2.05, 4.69) is 5.32 Å². The van der Waals surface area contributed by atoms with Gasteiger partial charge in [0.2, 0.25) is 6.79 Å². The van der Waals surface area contributed by atoms with E-state index in [9.17, 15) is 54.9 Å². The van der Waals surface area contributed by atoms with Gasteiger partial charge in [-0.05, 0) is 53.2 Å².